The zero-order valence-corrected chi connectivity index (χ0v) is 47.8. The van der Waals surface area contributed by atoms with Gasteiger partial charge in [-0.1, -0.05) is 190 Å². The molecule has 3 heterocycles. The van der Waals surface area contributed by atoms with Crippen molar-refractivity contribution in [3.63, 3.8) is 0 Å². The number of anilines is 5. The third-order valence-electron chi connectivity index (χ3n) is 18.1. The van der Waals surface area contributed by atoms with Crippen LogP contribution in [0.15, 0.2) is 109 Å². The zero-order chi connectivity index (χ0) is 51.5. The fourth-order valence-electron chi connectivity index (χ4n) is 13.1. The van der Waals surface area contributed by atoms with E-state index < -0.39 is 0 Å². The van der Waals surface area contributed by atoms with E-state index in [1.807, 2.05) is 0 Å². The monoisotopic (exact) mass is 969 g/mol. The first-order valence-corrected chi connectivity index (χ1v) is 28.2. The first kappa shape index (κ1) is 49.2. The summed E-state index contributed by atoms with van der Waals surface area (Å²) in [5.74, 6) is 0. The zero-order valence-electron chi connectivity index (χ0n) is 47.0. The highest BCUT2D eigenvalue weighted by atomic mass is 32.1. The summed E-state index contributed by atoms with van der Waals surface area (Å²) in [7, 11) is 0. The van der Waals surface area contributed by atoms with Crippen molar-refractivity contribution in [3.05, 3.63) is 153 Å². The molecule has 7 aromatic rings. The van der Waals surface area contributed by atoms with Gasteiger partial charge in [-0.25, -0.2) is 0 Å². The Kier molecular flexibility index (Phi) is 11.1. The lowest BCUT2D eigenvalue weighted by Crippen LogP contribution is -2.62. The van der Waals surface area contributed by atoms with Crippen molar-refractivity contribution in [2.75, 3.05) is 16.3 Å². The Morgan fingerprint density at radius 2 is 1.11 bits per heavy atom. The Bertz CT molecular complexity index is 3320. The predicted molar refractivity (Wildman–Crippen MR) is 317 cm³/mol. The molecule has 72 heavy (non-hydrogen) atoms. The molecule has 0 N–H and O–H groups in total. The topological polar surface area (TPSA) is 6.48 Å². The van der Waals surface area contributed by atoms with E-state index >= 15 is 0 Å². The summed E-state index contributed by atoms with van der Waals surface area (Å²) in [6.07, 6.45) is 5.67. The van der Waals surface area contributed by atoms with E-state index in [1.165, 1.54) is 120 Å². The molecule has 0 unspecified atom stereocenters. The molecule has 0 bridgehead atoms. The van der Waals surface area contributed by atoms with E-state index in [4.69, 9.17) is 0 Å². The number of hydrogen-bond acceptors (Lipinski definition) is 3. The Morgan fingerprint density at radius 1 is 0.528 bits per heavy atom. The number of nitrogens with zero attached hydrogens (tertiary/aromatic N) is 2. The maximum Gasteiger partial charge on any atom is 0.264 e. The van der Waals surface area contributed by atoms with Crippen LogP contribution in [0.2, 0.25) is 0 Å². The average Bonchev–Trinajstić information content (AvgIpc) is 3.73. The molecule has 1 aromatic heterocycles. The molecule has 372 valence electrons. The van der Waals surface area contributed by atoms with E-state index in [0.29, 0.717) is 0 Å². The van der Waals surface area contributed by atoms with Crippen LogP contribution >= 0.6 is 11.3 Å². The minimum Gasteiger partial charge on any atom is -0.342 e. The summed E-state index contributed by atoms with van der Waals surface area (Å²) >= 11 is 2.16. The van der Waals surface area contributed by atoms with Crippen LogP contribution in [0.25, 0.3) is 21.9 Å². The van der Waals surface area contributed by atoms with Crippen molar-refractivity contribution < 1.29 is 0 Å². The van der Waals surface area contributed by atoms with Gasteiger partial charge in [0.2, 0.25) is 0 Å². The van der Waals surface area contributed by atoms with Crippen molar-refractivity contribution in [2.24, 2.45) is 0 Å². The Labute approximate surface area is 438 Å². The standard InChI is InChI=1S/C68H81BN2S/c1-62(2,3)46-26-28-49(29-27-46)71-56-39-48(64(7,8)9)38-55-58(56)69(61-59(71)57-60(72-61)68(16,17)34-33-67(57,14)15)53-40-51-52(66(12,13)32-31-65(51,10)11)41-54(53)70(55)35-30-43-24-25-47(63(4,5)6)37-50(43)45-23-22-42-20-18-19-21-44(42)36-45/h18-29,36-41H,30-35H2,1-17H3. The SMILES string of the molecule is CC(C)(C)c1ccc(N2c3cc(C(C)(C)C)cc4c3B(c3cc5c(cc3N4CCc3ccc(C(C)(C)C)cc3-c3ccc4ccccc4c3)C(C)(C)CCC5(C)C)c3sc4c(c32)C(C)(C)CCC4(C)C)cc1. The molecule has 6 aromatic carbocycles. The Hall–Kier alpha value is -5.06. The third kappa shape index (κ3) is 7.93. The molecule has 2 aliphatic carbocycles. The summed E-state index contributed by atoms with van der Waals surface area (Å²) in [6.45, 7) is 42.5. The molecule has 0 fully saturated rings. The van der Waals surface area contributed by atoms with Crippen LogP contribution in [0, 0.1) is 0 Å². The summed E-state index contributed by atoms with van der Waals surface area (Å²) in [6, 6.07) is 43.7. The number of thiophene rings is 1. The number of benzene rings is 6. The Balaban J connectivity index is 1.20. The van der Waals surface area contributed by atoms with Crippen molar-refractivity contribution in [3.8, 4) is 11.1 Å². The molecule has 0 radical (unpaired) electrons. The fraction of sp³-hybridized carbons (Fsp3) is 0.441. The van der Waals surface area contributed by atoms with Crippen LogP contribution < -0.4 is 25.5 Å². The van der Waals surface area contributed by atoms with Crippen molar-refractivity contribution in [1.82, 2.24) is 0 Å². The fourth-order valence-corrected chi connectivity index (χ4v) is 14.8. The molecular formula is C68H81BN2S. The smallest absolute Gasteiger partial charge is 0.264 e. The second-order valence-electron chi connectivity index (χ2n) is 28.3. The number of fused-ring (bicyclic) bond motifs is 8. The van der Waals surface area contributed by atoms with Gasteiger partial charge in [0.05, 0.1) is 5.69 Å². The van der Waals surface area contributed by atoms with Gasteiger partial charge in [0.1, 0.15) is 0 Å². The van der Waals surface area contributed by atoms with Crippen molar-refractivity contribution in [1.29, 1.82) is 0 Å². The normalized spacial score (nSPS) is 18.3. The van der Waals surface area contributed by atoms with Crippen LogP contribution in [0.4, 0.5) is 28.4 Å². The molecule has 0 spiro atoms. The maximum atomic E-state index is 2.81. The molecule has 0 amide bonds. The quantitative estimate of drug-likeness (QED) is 0.159. The Morgan fingerprint density at radius 3 is 1.76 bits per heavy atom. The third-order valence-corrected chi connectivity index (χ3v) is 19.7. The van der Waals surface area contributed by atoms with Gasteiger partial charge in [0.25, 0.3) is 6.71 Å². The van der Waals surface area contributed by atoms with Crippen molar-refractivity contribution >= 4 is 73.0 Å². The van der Waals surface area contributed by atoms with Crippen LogP contribution in [-0.2, 0) is 44.3 Å². The van der Waals surface area contributed by atoms with Crippen LogP contribution in [0.1, 0.15) is 187 Å². The van der Waals surface area contributed by atoms with Crippen LogP contribution in [-0.4, -0.2) is 13.3 Å². The van der Waals surface area contributed by atoms with Crippen molar-refractivity contribution in [2.45, 2.75) is 188 Å². The molecule has 2 aliphatic heterocycles. The highest BCUT2D eigenvalue weighted by Gasteiger charge is 2.52. The largest absolute Gasteiger partial charge is 0.342 e. The molecule has 0 atom stereocenters. The second-order valence-corrected chi connectivity index (χ2v) is 29.4. The lowest BCUT2D eigenvalue weighted by Gasteiger charge is -2.48. The molecule has 2 nitrogen and oxygen atoms in total. The van der Waals surface area contributed by atoms with E-state index in [0.717, 1.165) is 13.0 Å². The summed E-state index contributed by atoms with van der Waals surface area (Å²) in [5, 5.41) is 2.58. The minimum absolute atomic E-state index is 0.0250. The van der Waals surface area contributed by atoms with Crippen LogP contribution in [0.5, 0.6) is 0 Å². The van der Waals surface area contributed by atoms with E-state index in [9.17, 15) is 0 Å². The van der Waals surface area contributed by atoms with E-state index in [1.54, 1.807) is 16.0 Å². The van der Waals surface area contributed by atoms with Gasteiger partial charge in [-0.05, 0) is 178 Å². The van der Waals surface area contributed by atoms with Gasteiger partial charge in [-0.15, -0.1) is 0 Å². The average molecular weight is 969 g/mol. The summed E-state index contributed by atoms with van der Waals surface area (Å²) in [5.41, 5.74) is 22.9. The highest BCUT2D eigenvalue weighted by Crippen LogP contribution is 2.57. The first-order valence-electron chi connectivity index (χ1n) is 27.4. The lowest BCUT2D eigenvalue weighted by atomic mass is 9.35. The van der Waals surface area contributed by atoms with Gasteiger partial charge in [0, 0.05) is 38.9 Å². The number of rotatable bonds is 5. The molecule has 0 saturated carbocycles. The van der Waals surface area contributed by atoms with Gasteiger partial charge in [-0.3, -0.25) is 0 Å². The minimum atomic E-state index is -0.0851. The van der Waals surface area contributed by atoms with E-state index in [-0.39, 0.29) is 44.6 Å². The lowest BCUT2D eigenvalue weighted by molar-refractivity contribution is 0.332. The predicted octanol–water partition coefficient (Wildman–Crippen LogP) is 17.2. The maximum absolute atomic E-state index is 2.81. The molecule has 11 rings (SSSR count). The highest BCUT2D eigenvalue weighted by molar-refractivity contribution is 7.29. The van der Waals surface area contributed by atoms with Crippen LogP contribution in [0.3, 0.4) is 0 Å². The van der Waals surface area contributed by atoms with Gasteiger partial charge in [0.15, 0.2) is 0 Å². The summed E-state index contributed by atoms with van der Waals surface area (Å²) in [4.78, 5) is 7.17. The second kappa shape index (κ2) is 16.2. The number of hydrogen-bond donors (Lipinski definition) is 0. The first-order chi connectivity index (χ1) is 33.5. The van der Waals surface area contributed by atoms with E-state index in [2.05, 4.69) is 248 Å². The van der Waals surface area contributed by atoms with Gasteiger partial charge >= 0.3 is 0 Å². The molecule has 4 heteroatoms. The van der Waals surface area contributed by atoms with Gasteiger partial charge in [-0.2, -0.15) is 11.3 Å². The molecular weight excluding hydrogens is 888 g/mol. The molecule has 4 aliphatic rings. The van der Waals surface area contributed by atoms with Gasteiger partial charge < -0.3 is 9.80 Å². The summed E-state index contributed by atoms with van der Waals surface area (Å²) < 4.78 is 1.53. The molecule has 0 saturated heterocycles.